The quantitative estimate of drug-likeness (QED) is 0.142. The van der Waals surface area contributed by atoms with Gasteiger partial charge in [0.2, 0.25) is 5.95 Å². The molecule has 3 aromatic rings. The number of nitrogens with one attached hydrogen (secondary N) is 4. The zero-order chi connectivity index (χ0) is 28.7. The van der Waals surface area contributed by atoms with Crippen molar-refractivity contribution in [2.75, 3.05) is 63.1 Å². The number of benzene rings is 2. The average molecular weight is 583 g/mol. The number of fused-ring (bicyclic) bond motifs is 1. The van der Waals surface area contributed by atoms with E-state index in [0.29, 0.717) is 43.9 Å². The second-order valence-corrected chi connectivity index (χ2v) is 11.0. The lowest BCUT2D eigenvalue weighted by Crippen LogP contribution is -2.42. The van der Waals surface area contributed by atoms with Crippen molar-refractivity contribution >= 4 is 50.9 Å². The Bertz CT molecular complexity index is 1560. The van der Waals surface area contributed by atoms with Gasteiger partial charge in [-0.05, 0) is 36.4 Å². The first kappa shape index (κ1) is 28.3. The van der Waals surface area contributed by atoms with Crippen molar-refractivity contribution in [3.8, 4) is 5.75 Å². The Kier molecular flexibility index (Phi) is 8.91. The molecule has 0 atom stereocenters. The van der Waals surface area contributed by atoms with Gasteiger partial charge in [-0.2, -0.15) is 13.0 Å². The van der Waals surface area contributed by atoms with E-state index in [0.717, 1.165) is 31.7 Å². The van der Waals surface area contributed by atoms with E-state index >= 15 is 0 Å². The van der Waals surface area contributed by atoms with Gasteiger partial charge in [0.05, 0.1) is 30.3 Å². The maximum absolute atomic E-state index is 12.9. The molecule has 3 amide bonds. The number of imidazole rings is 1. The lowest BCUT2D eigenvalue weighted by molar-refractivity contribution is -0.436. The summed E-state index contributed by atoms with van der Waals surface area (Å²) in [4.78, 5) is 33.3. The number of morpholine rings is 1. The van der Waals surface area contributed by atoms with Crippen LogP contribution in [0.4, 0.5) is 16.4 Å². The zero-order valence-corrected chi connectivity index (χ0v) is 23.2. The molecule has 4 N–H and O–H groups in total. The van der Waals surface area contributed by atoms with E-state index < -0.39 is 16.1 Å². The number of rotatable bonds is 12. The Hall–Kier alpha value is -4.27. The number of H-pyrrole nitrogens is 1. The summed E-state index contributed by atoms with van der Waals surface area (Å²) in [5, 5.41) is 8.67. The van der Waals surface area contributed by atoms with Crippen LogP contribution in [0, 0.1) is 0 Å². The molecule has 0 bridgehead atoms. The molecule has 2 aromatic carbocycles. The van der Waals surface area contributed by atoms with Crippen LogP contribution in [0.25, 0.3) is 11.0 Å². The van der Waals surface area contributed by atoms with Crippen LogP contribution in [0.15, 0.2) is 59.5 Å². The van der Waals surface area contributed by atoms with E-state index in [4.69, 9.17) is 8.92 Å². The number of aromatic nitrogens is 2. The second-order valence-electron chi connectivity index (χ2n) is 9.48. The highest BCUT2D eigenvalue weighted by Crippen LogP contribution is 2.24. The molecule has 0 aliphatic carbocycles. The number of hydrogen-bond acceptors (Lipinski definition) is 9. The first-order valence-corrected chi connectivity index (χ1v) is 14.7. The molecule has 0 unspecified atom stereocenters. The molecule has 3 heterocycles. The Balaban J connectivity index is 1.11. The van der Waals surface area contributed by atoms with E-state index in [1.54, 1.807) is 35.1 Å². The van der Waals surface area contributed by atoms with Gasteiger partial charge in [0.25, 0.3) is 0 Å². The molecular weight excluding hydrogens is 550 g/mol. The highest BCUT2D eigenvalue weighted by Gasteiger charge is 2.19. The predicted octanol–water partition coefficient (Wildman–Crippen LogP) is 1.77. The number of hydrogen-bond donors (Lipinski definition) is 4. The number of anilines is 2. The molecule has 0 radical (unpaired) electrons. The van der Waals surface area contributed by atoms with Crippen LogP contribution in [0.5, 0.6) is 5.75 Å². The van der Waals surface area contributed by atoms with E-state index in [1.807, 2.05) is 0 Å². The number of ether oxygens (including phenoxy) is 1. The van der Waals surface area contributed by atoms with Gasteiger partial charge in [-0.25, -0.2) is 14.6 Å². The molecule has 13 nitrogen and oxygen atoms in total. The number of amides is 3. The highest BCUT2D eigenvalue weighted by molar-refractivity contribution is 7.87. The number of allylic oxidation sites excluding steroid dienone is 1. The fourth-order valence-electron chi connectivity index (χ4n) is 4.38. The SMILES string of the molecule is O=C(NCCN1CCOCC1)Nc1nc2ccc(OS(=O)(=O)c3ccc(NCCC[N+]4=CC=CC4=O)cc3)cc2[nH]1. The average Bonchev–Trinajstić information content (AvgIpc) is 3.56. The maximum atomic E-state index is 12.9. The Morgan fingerprint density at radius 3 is 2.68 bits per heavy atom. The zero-order valence-electron chi connectivity index (χ0n) is 22.3. The third-order valence-corrected chi connectivity index (χ3v) is 7.81. The standard InChI is InChI=1S/C27H31N7O6S/c35-25-3-1-12-34(25)13-2-10-28-20-4-7-22(8-5-20)41(37,38)40-21-6-9-23-24(19-21)31-26(30-23)32-27(36)29-11-14-33-15-17-39-18-16-33/h1,3-9,12,19,28H,2,10-11,13-18H2,(H2,29,35,36)/p+1. The summed E-state index contributed by atoms with van der Waals surface area (Å²) in [6, 6.07) is 10.5. The highest BCUT2D eigenvalue weighted by atomic mass is 32.2. The summed E-state index contributed by atoms with van der Waals surface area (Å²) in [5.74, 6) is 0.308. The molecule has 2 aliphatic heterocycles. The molecule has 0 saturated carbocycles. The van der Waals surface area contributed by atoms with Gasteiger partial charge in [0.1, 0.15) is 10.6 Å². The van der Waals surface area contributed by atoms with E-state index in [9.17, 15) is 18.0 Å². The van der Waals surface area contributed by atoms with Crippen LogP contribution in [-0.2, 0) is 19.6 Å². The Morgan fingerprint density at radius 1 is 1.12 bits per heavy atom. The van der Waals surface area contributed by atoms with Crippen molar-refractivity contribution in [3.63, 3.8) is 0 Å². The van der Waals surface area contributed by atoms with E-state index in [2.05, 4.69) is 30.8 Å². The van der Waals surface area contributed by atoms with Crippen molar-refractivity contribution in [2.24, 2.45) is 0 Å². The number of carbonyl (C=O) groups excluding carboxylic acids is 2. The maximum Gasteiger partial charge on any atom is 0.412 e. The predicted molar refractivity (Wildman–Crippen MR) is 153 cm³/mol. The largest absolute Gasteiger partial charge is 0.412 e. The lowest BCUT2D eigenvalue weighted by Gasteiger charge is -2.26. The van der Waals surface area contributed by atoms with Gasteiger partial charge in [-0.15, -0.1) is 0 Å². The Morgan fingerprint density at radius 2 is 1.93 bits per heavy atom. The van der Waals surface area contributed by atoms with E-state index in [-0.39, 0.29) is 22.5 Å². The molecule has 1 fully saturated rings. The molecule has 5 rings (SSSR count). The fourth-order valence-corrected chi connectivity index (χ4v) is 5.31. The summed E-state index contributed by atoms with van der Waals surface area (Å²) in [6.07, 6.45) is 5.72. The van der Waals surface area contributed by atoms with Crippen molar-refractivity contribution in [2.45, 2.75) is 11.3 Å². The monoisotopic (exact) mass is 582 g/mol. The van der Waals surface area contributed by atoms with Crippen LogP contribution in [0.2, 0.25) is 0 Å². The minimum atomic E-state index is -4.08. The fraction of sp³-hybridized carbons (Fsp3) is 0.333. The first-order valence-electron chi connectivity index (χ1n) is 13.3. The summed E-state index contributed by atoms with van der Waals surface area (Å²) in [5.41, 5.74) is 1.80. The van der Waals surface area contributed by atoms with Crippen molar-refractivity contribution in [1.82, 2.24) is 20.2 Å². The van der Waals surface area contributed by atoms with Gasteiger partial charge >= 0.3 is 22.1 Å². The van der Waals surface area contributed by atoms with Gasteiger partial charge in [0, 0.05) is 57.0 Å². The first-order chi connectivity index (χ1) is 19.9. The number of aromatic amines is 1. The number of carbonyl (C=O) groups is 2. The molecule has 14 heteroatoms. The van der Waals surface area contributed by atoms with Gasteiger partial charge in [0.15, 0.2) is 12.8 Å². The number of urea groups is 1. The van der Waals surface area contributed by atoms with Gasteiger partial charge in [-0.3, -0.25) is 10.2 Å². The van der Waals surface area contributed by atoms with Crippen LogP contribution < -0.4 is 20.1 Å². The van der Waals surface area contributed by atoms with Crippen molar-refractivity contribution < 1.29 is 31.5 Å². The van der Waals surface area contributed by atoms with Gasteiger partial charge < -0.3 is 24.5 Å². The third kappa shape index (κ3) is 7.68. The topological polar surface area (TPSA) is 158 Å². The summed E-state index contributed by atoms with van der Waals surface area (Å²) in [6.45, 7) is 5.51. The van der Waals surface area contributed by atoms with Crippen LogP contribution >= 0.6 is 0 Å². The van der Waals surface area contributed by atoms with Crippen LogP contribution in [-0.4, -0.2) is 98.5 Å². The molecule has 0 spiro atoms. The molecule has 1 saturated heterocycles. The number of nitrogens with zero attached hydrogens (tertiary/aromatic N) is 3. The van der Waals surface area contributed by atoms with E-state index in [1.165, 1.54) is 30.3 Å². The normalized spacial score (nSPS) is 15.6. The molecule has 216 valence electrons. The summed E-state index contributed by atoms with van der Waals surface area (Å²) < 4.78 is 38.0. The lowest BCUT2D eigenvalue weighted by atomic mass is 10.3. The summed E-state index contributed by atoms with van der Waals surface area (Å²) in [7, 11) is -4.08. The minimum absolute atomic E-state index is 0.00667. The minimum Gasteiger partial charge on any atom is -0.385 e. The molecule has 2 aliphatic rings. The van der Waals surface area contributed by atoms with Crippen LogP contribution in [0.1, 0.15) is 6.42 Å². The Labute approximate surface area is 237 Å². The summed E-state index contributed by atoms with van der Waals surface area (Å²) >= 11 is 0. The molecule has 1 aromatic heterocycles. The smallest absolute Gasteiger partial charge is 0.385 e. The van der Waals surface area contributed by atoms with Crippen molar-refractivity contribution in [3.05, 3.63) is 54.6 Å². The molecular formula is C27H32N7O6S+. The van der Waals surface area contributed by atoms with Crippen molar-refractivity contribution in [1.29, 1.82) is 0 Å². The van der Waals surface area contributed by atoms with Gasteiger partial charge in [-0.1, -0.05) is 0 Å². The second kappa shape index (κ2) is 12.9. The van der Waals surface area contributed by atoms with Crippen LogP contribution in [0.3, 0.4) is 0 Å². The molecule has 41 heavy (non-hydrogen) atoms. The third-order valence-electron chi connectivity index (χ3n) is 6.54.